The van der Waals surface area contributed by atoms with E-state index in [0.717, 1.165) is 6.61 Å². The smallest absolute Gasteiger partial charge is 0.216 e. The van der Waals surface area contributed by atoms with Crippen molar-refractivity contribution in [3.63, 3.8) is 0 Å². The quantitative estimate of drug-likeness (QED) is 0.576. The molecule has 1 aliphatic heterocycles. The van der Waals surface area contributed by atoms with Gasteiger partial charge < -0.3 is 10.1 Å². The highest BCUT2D eigenvalue weighted by atomic mass is 16.6. The van der Waals surface area contributed by atoms with E-state index in [0.29, 0.717) is 12.6 Å². The van der Waals surface area contributed by atoms with Crippen molar-refractivity contribution < 1.29 is 9.53 Å². The van der Waals surface area contributed by atoms with Gasteiger partial charge in [-0.2, -0.15) is 0 Å². The molecule has 1 saturated heterocycles. The van der Waals surface area contributed by atoms with E-state index in [-0.39, 0.29) is 5.91 Å². The molecule has 1 fully saturated rings. The van der Waals surface area contributed by atoms with Gasteiger partial charge in [0, 0.05) is 13.5 Å². The van der Waals surface area contributed by atoms with Crippen LogP contribution in [0.4, 0.5) is 0 Å². The fourth-order valence-corrected chi connectivity index (χ4v) is 0.443. The highest BCUT2D eigenvalue weighted by Crippen LogP contribution is 2.05. The molecule has 1 heterocycles. The second kappa shape index (κ2) is 5.23. The molecular formula is C7H15NO2. The van der Waals surface area contributed by atoms with E-state index in [1.54, 1.807) is 0 Å². The monoisotopic (exact) mass is 145 g/mol. The van der Waals surface area contributed by atoms with Gasteiger partial charge in [0.2, 0.25) is 5.91 Å². The van der Waals surface area contributed by atoms with Crippen molar-refractivity contribution in [2.45, 2.75) is 26.9 Å². The fourth-order valence-electron chi connectivity index (χ4n) is 0.443. The van der Waals surface area contributed by atoms with Gasteiger partial charge in [0.15, 0.2) is 0 Å². The van der Waals surface area contributed by atoms with Crippen LogP contribution in [0.3, 0.4) is 0 Å². The molecule has 1 unspecified atom stereocenters. The average molecular weight is 145 g/mol. The zero-order valence-electron chi connectivity index (χ0n) is 6.81. The lowest BCUT2D eigenvalue weighted by molar-refractivity contribution is -0.119. The van der Waals surface area contributed by atoms with Gasteiger partial charge in [0.1, 0.15) is 0 Å². The predicted octanol–water partition coefficient (Wildman–Crippen LogP) is 0.547. The molecule has 0 radical (unpaired) electrons. The Kier molecular flexibility index (Phi) is 4.94. The lowest BCUT2D eigenvalue weighted by Crippen LogP contribution is -2.24. The molecule has 1 atom stereocenters. The first kappa shape index (κ1) is 9.43. The minimum Gasteiger partial charge on any atom is -0.371 e. The Balaban J connectivity index is 0.000000371. The third kappa shape index (κ3) is 5.56. The van der Waals surface area contributed by atoms with Crippen LogP contribution in [-0.4, -0.2) is 25.2 Å². The highest BCUT2D eigenvalue weighted by molar-refractivity contribution is 5.72. The van der Waals surface area contributed by atoms with Crippen LogP contribution in [0.1, 0.15) is 20.8 Å². The standard InChI is InChI=1S/C5H9NO2.C2H6/c1-4(7)6-2-5-3-8-5;1-2/h5H,2-3H2,1H3,(H,6,7);1-2H3. The van der Waals surface area contributed by atoms with Crippen LogP contribution in [0.15, 0.2) is 0 Å². The van der Waals surface area contributed by atoms with Crippen molar-refractivity contribution in [1.82, 2.24) is 5.32 Å². The molecule has 0 spiro atoms. The molecule has 0 aliphatic carbocycles. The van der Waals surface area contributed by atoms with Crippen molar-refractivity contribution in [3.05, 3.63) is 0 Å². The Morgan fingerprint density at radius 3 is 2.50 bits per heavy atom. The topological polar surface area (TPSA) is 41.6 Å². The summed E-state index contributed by atoms with van der Waals surface area (Å²) < 4.78 is 4.84. The van der Waals surface area contributed by atoms with Gasteiger partial charge in [0.05, 0.1) is 12.7 Å². The van der Waals surface area contributed by atoms with Crippen molar-refractivity contribution >= 4 is 5.91 Å². The molecule has 10 heavy (non-hydrogen) atoms. The Bertz CT molecular complexity index is 99.8. The summed E-state index contributed by atoms with van der Waals surface area (Å²) in [5, 5.41) is 2.64. The van der Waals surface area contributed by atoms with E-state index in [2.05, 4.69) is 5.32 Å². The van der Waals surface area contributed by atoms with E-state index in [4.69, 9.17) is 4.74 Å². The van der Waals surface area contributed by atoms with Crippen LogP contribution in [0.2, 0.25) is 0 Å². The van der Waals surface area contributed by atoms with E-state index >= 15 is 0 Å². The number of carbonyl (C=O) groups is 1. The van der Waals surface area contributed by atoms with Gasteiger partial charge in [-0.25, -0.2) is 0 Å². The van der Waals surface area contributed by atoms with Crippen molar-refractivity contribution in [2.24, 2.45) is 0 Å². The Morgan fingerprint density at radius 2 is 2.20 bits per heavy atom. The normalized spacial score (nSPS) is 20.5. The summed E-state index contributed by atoms with van der Waals surface area (Å²) in [5.41, 5.74) is 0. The lowest BCUT2D eigenvalue weighted by atomic mass is 10.5. The number of carbonyl (C=O) groups excluding carboxylic acids is 1. The summed E-state index contributed by atoms with van der Waals surface area (Å²) in [4.78, 5) is 10.2. The van der Waals surface area contributed by atoms with E-state index < -0.39 is 0 Å². The second-order valence-corrected chi connectivity index (χ2v) is 1.89. The number of rotatable bonds is 2. The van der Waals surface area contributed by atoms with Crippen LogP contribution < -0.4 is 5.32 Å². The Labute approximate surface area is 61.8 Å². The zero-order chi connectivity index (χ0) is 7.98. The fraction of sp³-hybridized carbons (Fsp3) is 0.857. The molecule has 1 aliphatic rings. The summed E-state index contributed by atoms with van der Waals surface area (Å²) in [6.07, 6.45) is 0.305. The van der Waals surface area contributed by atoms with Crippen LogP contribution in [-0.2, 0) is 9.53 Å². The number of amides is 1. The number of epoxide rings is 1. The Morgan fingerprint density at radius 1 is 1.70 bits per heavy atom. The van der Waals surface area contributed by atoms with E-state index in [1.165, 1.54) is 6.92 Å². The van der Waals surface area contributed by atoms with Gasteiger partial charge in [-0.3, -0.25) is 4.79 Å². The maximum absolute atomic E-state index is 10.2. The van der Waals surface area contributed by atoms with E-state index in [9.17, 15) is 4.79 Å². The first-order valence-electron chi connectivity index (χ1n) is 3.65. The second-order valence-electron chi connectivity index (χ2n) is 1.89. The van der Waals surface area contributed by atoms with Crippen molar-refractivity contribution in [2.75, 3.05) is 13.2 Å². The first-order valence-corrected chi connectivity index (χ1v) is 3.65. The number of hydrogen-bond acceptors (Lipinski definition) is 2. The molecule has 1 amide bonds. The van der Waals surface area contributed by atoms with E-state index in [1.807, 2.05) is 13.8 Å². The third-order valence-corrected chi connectivity index (χ3v) is 0.981. The van der Waals surface area contributed by atoms with Crippen LogP contribution >= 0.6 is 0 Å². The molecule has 60 valence electrons. The molecular weight excluding hydrogens is 130 g/mol. The largest absolute Gasteiger partial charge is 0.371 e. The molecule has 3 heteroatoms. The van der Waals surface area contributed by atoms with Gasteiger partial charge in [-0.05, 0) is 0 Å². The maximum Gasteiger partial charge on any atom is 0.216 e. The predicted molar refractivity (Wildman–Crippen MR) is 39.8 cm³/mol. The average Bonchev–Trinajstić information content (AvgIpc) is 2.70. The van der Waals surface area contributed by atoms with Crippen molar-refractivity contribution in [3.8, 4) is 0 Å². The summed E-state index contributed by atoms with van der Waals surface area (Å²) in [6.45, 7) is 6.98. The molecule has 0 bridgehead atoms. The SMILES string of the molecule is CC.CC(=O)NCC1CO1. The zero-order valence-corrected chi connectivity index (χ0v) is 6.81. The van der Waals surface area contributed by atoms with Crippen LogP contribution in [0, 0.1) is 0 Å². The number of ether oxygens (including phenoxy) is 1. The molecule has 0 saturated carbocycles. The van der Waals surface area contributed by atoms with Crippen molar-refractivity contribution in [1.29, 1.82) is 0 Å². The minimum absolute atomic E-state index is 0.0144. The Hall–Kier alpha value is -0.570. The first-order chi connectivity index (χ1) is 4.79. The molecule has 0 aromatic carbocycles. The third-order valence-electron chi connectivity index (χ3n) is 0.981. The van der Waals surface area contributed by atoms with Crippen LogP contribution in [0.5, 0.6) is 0 Å². The molecule has 3 nitrogen and oxygen atoms in total. The summed E-state index contributed by atoms with van der Waals surface area (Å²) in [6, 6.07) is 0. The summed E-state index contributed by atoms with van der Waals surface area (Å²) in [7, 11) is 0. The minimum atomic E-state index is 0.0144. The molecule has 0 aromatic heterocycles. The maximum atomic E-state index is 10.2. The lowest BCUT2D eigenvalue weighted by Gasteiger charge is -1.93. The molecule has 1 rings (SSSR count). The van der Waals surface area contributed by atoms with Gasteiger partial charge >= 0.3 is 0 Å². The molecule has 0 aromatic rings. The number of hydrogen-bond donors (Lipinski definition) is 1. The highest BCUT2D eigenvalue weighted by Gasteiger charge is 2.21. The molecule has 1 N–H and O–H groups in total. The van der Waals surface area contributed by atoms with Gasteiger partial charge in [0.25, 0.3) is 0 Å². The van der Waals surface area contributed by atoms with Gasteiger partial charge in [-0.1, -0.05) is 13.8 Å². The summed E-state index contributed by atoms with van der Waals surface area (Å²) >= 11 is 0. The van der Waals surface area contributed by atoms with Gasteiger partial charge in [-0.15, -0.1) is 0 Å². The van der Waals surface area contributed by atoms with Crippen LogP contribution in [0.25, 0.3) is 0 Å². The summed E-state index contributed by atoms with van der Waals surface area (Å²) in [5.74, 6) is 0.0144. The number of nitrogens with one attached hydrogen (secondary N) is 1.